The normalized spacial score (nSPS) is 16.9. The highest BCUT2D eigenvalue weighted by molar-refractivity contribution is 9.10. The fourth-order valence-corrected chi connectivity index (χ4v) is 3.32. The molecule has 0 amide bonds. The smallest absolute Gasteiger partial charge is 0.115 e. The van der Waals surface area contributed by atoms with Gasteiger partial charge in [0.2, 0.25) is 0 Å². The molecule has 0 spiro atoms. The van der Waals surface area contributed by atoms with Gasteiger partial charge in [0.05, 0.1) is 17.7 Å². The summed E-state index contributed by atoms with van der Waals surface area (Å²) in [6.07, 6.45) is 3.22. The summed E-state index contributed by atoms with van der Waals surface area (Å²) >= 11 is 3.51. The van der Waals surface area contributed by atoms with Gasteiger partial charge < -0.3 is 10.4 Å². The van der Waals surface area contributed by atoms with Crippen molar-refractivity contribution in [2.45, 2.75) is 25.3 Å². The van der Waals surface area contributed by atoms with Gasteiger partial charge in [0.25, 0.3) is 0 Å². The van der Waals surface area contributed by atoms with Crippen molar-refractivity contribution in [3.8, 4) is 11.8 Å². The van der Waals surface area contributed by atoms with Gasteiger partial charge in [-0.2, -0.15) is 5.26 Å². The van der Waals surface area contributed by atoms with Gasteiger partial charge in [0.1, 0.15) is 5.75 Å². The van der Waals surface area contributed by atoms with Crippen molar-refractivity contribution in [2.75, 3.05) is 5.32 Å². The Morgan fingerprint density at radius 2 is 2.10 bits per heavy atom. The van der Waals surface area contributed by atoms with E-state index >= 15 is 0 Å². The second-order valence-corrected chi connectivity index (χ2v) is 6.13. The quantitative estimate of drug-likeness (QED) is 0.843. The molecule has 21 heavy (non-hydrogen) atoms. The Morgan fingerprint density at radius 1 is 1.24 bits per heavy atom. The number of hydrogen-bond donors (Lipinski definition) is 2. The second kappa shape index (κ2) is 5.79. The number of aryl methyl sites for hydroxylation is 1. The zero-order valence-electron chi connectivity index (χ0n) is 11.4. The predicted octanol–water partition coefficient (Wildman–Crippen LogP) is 4.52. The third kappa shape index (κ3) is 2.88. The van der Waals surface area contributed by atoms with E-state index in [1.807, 2.05) is 24.3 Å². The zero-order valence-corrected chi connectivity index (χ0v) is 13.0. The van der Waals surface area contributed by atoms with Crippen LogP contribution in [-0.2, 0) is 6.42 Å². The standard InChI is InChI=1S/C17H15BrN2O/c18-15-8-11(10-19)4-7-17(15)20-16-3-1-2-12-5-6-13(21)9-14(12)16/h4-9,16,20-21H,1-3H2. The van der Waals surface area contributed by atoms with E-state index in [0.29, 0.717) is 11.3 Å². The van der Waals surface area contributed by atoms with E-state index in [9.17, 15) is 5.11 Å². The van der Waals surface area contributed by atoms with Gasteiger partial charge in [-0.1, -0.05) is 6.07 Å². The Kier molecular flexibility index (Phi) is 3.85. The van der Waals surface area contributed by atoms with Gasteiger partial charge in [-0.25, -0.2) is 0 Å². The van der Waals surface area contributed by atoms with Crippen LogP contribution in [0, 0.1) is 11.3 Å². The maximum Gasteiger partial charge on any atom is 0.115 e. The minimum absolute atomic E-state index is 0.185. The topological polar surface area (TPSA) is 56.0 Å². The summed E-state index contributed by atoms with van der Waals surface area (Å²) < 4.78 is 0.883. The summed E-state index contributed by atoms with van der Waals surface area (Å²) in [6, 6.07) is 13.5. The molecule has 0 radical (unpaired) electrons. The lowest BCUT2D eigenvalue weighted by Gasteiger charge is -2.28. The van der Waals surface area contributed by atoms with Crippen molar-refractivity contribution in [3.63, 3.8) is 0 Å². The third-order valence-electron chi connectivity index (χ3n) is 3.87. The number of aromatic hydroxyl groups is 1. The molecule has 1 aliphatic carbocycles. The van der Waals surface area contributed by atoms with E-state index in [2.05, 4.69) is 27.3 Å². The minimum Gasteiger partial charge on any atom is -0.508 e. The molecular formula is C17H15BrN2O. The Hall–Kier alpha value is -1.99. The fraction of sp³-hybridized carbons (Fsp3) is 0.235. The molecule has 4 heteroatoms. The number of phenols is 1. The Balaban J connectivity index is 1.90. The zero-order chi connectivity index (χ0) is 14.8. The van der Waals surface area contributed by atoms with E-state index < -0.39 is 0 Å². The molecule has 3 rings (SSSR count). The molecule has 2 aromatic rings. The number of nitrogens with one attached hydrogen (secondary N) is 1. The van der Waals surface area contributed by atoms with Crippen molar-refractivity contribution in [1.82, 2.24) is 0 Å². The van der Waals surface area contributed by atoms with E-state index in [0.717, 1.165) is 35.0 Å². The molecular weight excluding hydrogens is 328 g/mol. The molecule has 3 nitrogen and oxygen atoms in total. The van der Waals surface area contributed by atoms with E-state index in [-0.39, 0.29) is 6.04 Å². The van der Waals surface area contributed by atoms with Crippen molar-refractivity contribution < 1.29 is 5.11 Å². The third-order valence-corrected chi connectivity index (χ3v) is 4.53. The molecule has 2 aromatic carbocycles. The van der Waals surface area contributed by atoms with Crippen LogP contribution in [0.25, 0.3) is 0 Å². The summed E-state index contributed by atoms with van der Waals surface area (Å²) in [4.78, 5) is 0. The highest BCUT2D eigenvalue weighted by Crippen LogP contribution is 2.36. The van der Waals surface area contributed by atoms with Crippen LogP contribution in [0.1, 0.15) is 35.6 Å². The number of phenolic OH excluding ortho intramolecular Hbond substituents is 1. The number of halogens is 1. The lowest BCUT2D eigenvalue weighted by molar-refractivity contribution is 0.471. The summed E-state index contributed by atoms with van der Waals surface area (Å²) in [6.45, 7) is 0. The lowest BCUT2D eigenvalue weighted by atomic mass is 9.87. The maximum absolute atomic E-state index is 9.72. The molecule has 0 aromatic heterocycles. The largest absolute Gasteiger partial charge is 0.508 e. The van der Waals surface area contributed by atoms with E-state index in [4.69, 9.17) is 5.26 Å². The molecule has 0 saturated carbocycles. The molecule has 1 unspecified atom stereocenters. The average molecular weight is 343 g/mol. The molecule has 0 fully saturated rings. The second-order valence-electron chi connectivity index (χ2n) is 5.28. The first-order valence-corrected chi connectivity index (χ1v) is 7.74. The lowest BCUT2D eigenvalue weighted by Crippen LogP contribution is -2.17. The molecule has 106 valence electrons. The molecule has 0 heterocycles. The number of hydrogen-bond acceptors (Lipinski definition) is 3. The fourth-order valence-electron chi connectivity index (χ4n) is 2.83. The van der Waals surface area contributed by atoms with Gasteiger partial charge in [-0.15, -0.1) is 0 Å². The monoisotopic (exact) mass is 342 g/mol. The molecule has 2 N–H and O–H groups in total. The Labute approximate surface area is 132 Å². The maximum atomic E-state index is 9.72. The number of nitriles is 1. The molecule has 0 bridgehead atoms. The van der Waals surface area contributed by atoms with Crippen LogP contribution in [0.3, 0.4) is 0 Å². The van der Waals surface area contributed by atoms with Crippen molar-refractivity contribution in [2.24, 2.45) is 0 Å². The summed E-state index contributed by atoms with van der Waals surface area (Å²) in [5, 5.41) is 22.2. The van der Waals surface area contributed by atoms with Gasteiger partial charge >= 0.3 is 0 Å². The Bertz CT molecular complexity index is 721. The summed E-state index contributed by atoms with van der Waals surface area (Å²) in [7, 11) is 0. The molecule has 1 aliphatic rings. The molecule has 0 saturated heterocycles. The van der Waals surface area contributed by atoms with Gasteiger partial charge in [-0.3, -0.25) is 0 Å². The van der Waals surface area contributed by atoms with Crippen LogP contribution in [0.15, 0.2) is 40.9 Å². The minimum atomic E-state index is 0.185. The average Bonchev–Trinajstić information content (AvgIpc) is 2.49. The molecule has 0 aliphatic heterocycles. The first kappa shape index (κ1) is 14.0. The van der Waals surface area contributed by atoms with Crippen LogP contribution >= 0.6 is 15.9 Å². The number of anilines is 1. The number of benzene rings is 2. The van der Waals surface area contributed by atoms with Gasteiger partial charge in [0, 0.05) is 10.2 Å². The first-order chi connectivity index (χ1) is 10.2. The summed E-state index contributed by atoms with van der Waals surface area (Å²) in [5.41, 5.74) is 4.06. The molecule has 1 atom stereocenters. The highest BCUT2D eigenvalue weighted by atomic mass is 79.9. The predicted molar refractivity (Wildman–Crippen MR) is 86.3 cm³/mol. The van der Waals surface area contributed by atoms with Gasteiger partial charge in [-0.05, 0) is 76.7 Å². The Morgan fingerprint density at radius 3 is 2.86 bits per heavy atom. The first-order valence-electron chi connectivity index (χ1n) is 6.95. The van der Waals surface area contributed by atoms with Gasteiger partial charge in [0.15, 0.2) is 0 Å². The van der Waals surface area contributed by atoms with Crippen molar-refractivity contribution >= 4 is 21.6 Å². The van der Waals surface area contributed by atoms with E-state index in [1.54, 1.807) is 12.1 Å². The number of fused-ring (bicyclic) bond motifs is 1. The highest BCUT2D eigenvalue weighted by Gasteiger charge is 2.21. The summed E-state index contributed by atoms with van der Waals surface area (Å²) in [5.74, 6) is 0.307. The number of rotatable bonds is 2. The SMILES string of the molecule is N#Cc1ccc(NC2CCCc3ccc(O)cc32)c(Br)c1. The van der Waals surface area contributed by atoms with Crippen molar-refractivity contribution in [3.05, 3.63) is 57.6 Å². The number of nitrogens with zero attached hydrogens (tertiary/aromatic N) is 1. The van der Waals surface area contributed by atoms with Crippen LogP contribution in [0.4, 0.5) is 5.69 Å². The van der Waals surface area contributed by atoms with Crippen LogP contribution < -0.4 is 5.32 Å². The van der Waals surface area contributed by atoms with E-state index in [1.165, 1.54) is 5.56 Å². The van der Waals surface area contributed by atoms with Crippen LogP contribution in [-0.4, -0.2) is 5.11 Å². The van der Waals surface area contributed by atoms with Crippen LogP contribution in [0.2, 0.25) is 0 Å². The van der Waals surface area contributed by atoms with Crippen molar-refractivity contribution in [1.29, 1.82) is 5.26 Å². The van der Waals surface area contributed by atoms with Crippen LogP contribution in [0.5, 0.6) is 5.75 Å².